The Kier molecular flexibility index (Phi) is 4.12. The topological polar surface area (TPSA) is 38.8 Å². The number of amides is 1. The van der Waals surface area contributed by atoms with Crippen molar-refractivity contribution in [1.29, 1.82) is 0 Å². The summed E-state index contributed by atoms with van der Waals surface area (Å²) < 4.78 is 49.3. The van der Waals surface area contributed by atoms with Crippen LogP contribution in [0.2, 0.25) is 0 Å². The van der Waals surface area contributed by atoms with Gasteiger partial charge in [0.1, 0.15) is 19.8 Å². The first-order chi connectivity index (χ1) is 10.8. The van der Waals surface area contributed by atoms with Crippen molar-refractivity contribution >= 4 is 5.91 Å². The highest BCUT2D eigenvalue weighted by Gasteiger charge is 2.40. The van der Waals surface area contributed by atoms with Gasteiger partial charge in [-0.2, -0.15) is 13.2 Å². The zero-order chi connectivity index (χ0) is 16.6. The number of carbonyl (C=O) groups is 1. The molecule has 0 aromatic heterocycles. The molecular formula is C16H18F3NO3. The van der Waals surface area contributed by atoms with E-state index in [9.17, 15) is 18.0 Å². The van der Waals surface area contributed by atoms with E-state index in [-0.39, 0.29) is 11.5 Å². The first kappa shape index (κ1) is 16.0. The molecular weight excluding hydrogens is 311 g/mol. The summed E-state index contributed by atoms with van der Waals surface area (Å²) in [5, 5.41) is 0. The molecule has 126 valence electrons. The second-order valence-electron chi connectivity index (χ2n) is 5.98. The van der Waals surface area contributed by atoms with E-state index < -0.39 is 24.7 Å². The van der Waals surface area contributed by atoms with Crippen molar-refractivity contribution in [2.75, 3.05) is 19.8 Å². The first-order valence-corrected chi connectivity index (χ1v) is 7.62. The van der Waals surface area contributed by atoms with E-state index in [0.717, 1.165) is 17.7 Å². The van der Waals surface area contributed by atoms with E-state index in [4.69, 9.17) is 9.47 Å². The molecule has 1 unspecified atom stereocenters. The second-order valence-corrected chi connectivity index (χ2v) is 5.98. The Balaban J connectivity index is 1.84. The van der Waals surface area contributed by atoms with Gasteiger partial charge in [0.05, 0.1) is 0 Å². The molecule has 1 heterocycles. The van der Waals surface area contributed by atoms with Crippen LogP contribution in [-0.4, -0.2) is 42.8 Å². The van der Waals surface area contributed by atoms with Crippen molar-refractivity contribution in [3.63, 3.8) is 0 Å². The van der Waals surface area contributed by atoms with Gasteiger partial charge in [0, 0.05) is 11.6 Å². The summed E-state index contributed by atoms with van der Waals surface area (Å²) in [6.07, 6.45) is -2.69. The van der Waals surface area contributed by atoms with Crippen LogP contribution in [0, 0.1) is 5.92 Å². The van der Waals surface area contributed by atoms with Gasteiger partial charge in [-0.15, -0.1) is 0 Å². The molecule has 0 saturated heterocycles. The molecule has 0 radical (unpaired) electrons. The molecule has 1 fully saturated rings. The average Bonchev–Trinajstić information content (AvgIpc) is 3.35. The van der Waals surface area contributed by atoms with E-state index in [2.05, 4.69) is 0 Å². The maximum Gasteiger partial charge on any atom is 0.406 e. The predicted octanol–water partition coefficient (Wildman–Crippen LogP) is 3.26. The fourth-order valence-corrected chi connectivity index (χ4v) is 2.77. The number of ether oxygens (including phenoxy) is 2. The highest BCUT2D eigenvalue weighted by molar-refractivity contribution is 5.95. The lowest BCUT2D eigenvalue weighted by atomic mass is 10.1. The molecule has 0 N–H and O–H groups in total. The van der Waals surface area contributed by atoms with E-state index in [0.29, 0.717) is 24.7 Å². The number of carbonyl (C=O) groups excluding carboxylic acids is 1. The van der Waals surface area contributed by atoms with Gasteiger partial charge in [-0.3, -0.25) is 4.79 Å². The zero-order valence-electron chi connectivity index (χ0n) is 12.7. The molecule has 1 aliphatic carbocycles. The predicted molar refractivity (Wildman–Crippen MR) is 76.7 cm³/mol. The molecule has 1 saturated carbocycles. The van der Waals surface area contributed by atoms with E-state index in [1.807, 2.05) is 0 Å². The van der Waals surface area contributed by atoms with E-state index in [1.165, 1.54) is 12.1 Å². The minimum absolute atomic E-state index is 0.151. The molecule has 3 rings (SSSR count). The largest absolute Gasteiger partial charge is 0.486 e. The average molecular weight is 329 g/mol. The van der Waals surface area contributed by atoms with Crippen LogP contribution >= 0.6 is 0 Å². The van der Waals surface area contributed by atoms with Crippen LogP contribution in [0.1, 0.15) is 30.1 Å². The number of halogens is 3. The number of hydrogen-bond donors (Lipinski definition) is 0. The molecule has 2 aliphatic rings. The number of nitrogens with zero attached hydrogens (tertiary/aromatic N) is 1. The van der Waals surface area contributed by atoms with E-state index in [1.54, 1.807) is 13.0 Å². The molecule has 0 bridgehead atoms. The second kappa shape index (κ2) is 5.94. The van der Waals surface area contributed by atoms with Crippen LogP contribution < -0.4 is 9.47 Å². The minimum atomic E-state index is -4.42. The van der Waals surface area contributed by atoms with Crippen molar-refractivity contribution < 1.29 is 27.4 Å². The van der Waals surface area contributed by atoms with Gasteiger partial charge in [0.2, 0.25) is 0 Å². The number of alkyl halides is 3. The van der Waals surface area contributed by atoms with Crippen LogP contribution in [0.5, 0.6) is 11.5 Å². The third-order valence-electron chi connectivity index (χ3n) is 4.20. The van der Waals surface area contributed by atoms with Gasteiger partial charge in [0.25, 0.3) is 5.91 Å². The monoisotopic (exact) mass is 329 g/mol. The molecule has 1 amide bonds. The molecule has 1 aromatic carbocycles. The van der Waals surface area contributed by atoms with Gasteiger partial charge in [-0.05, 0) is 43.9 Å². The lowest BCUT2D eigenvalue weighted by molar-refractivity contribution is -0.144. The van der Waals surface area contributed by atoms with Crippen LogP contribution in [0.25, 0.3) is 0 Å². The molecule has 1 aliphatic heterocycles. The van der Waals surface area contributed by atoms with Crippen LogP contribution in [-0.2, 0) is 0 Å². The Morgan fingerprint density at radius 1 is 1.26 bits per heavy atom. The van der Waals surface area contributed by atoms with Gasteiger partial charge in [-0.25, -0.2) is 0 Å². The van der Waals surface area contributed by atoms with Gasteiger partial charge >= 0.3 is 6.18 Å². The number of hydrogen-bond acceptors (Lipinski definition) is 3. The summed E-state index contributed by atoms with van der Waals surface area (Å²) in [7, 11) is 0. The third-order valence-corrected chi connectivity index (χ3v) is 4.20. The van der Waals surface area contributed by atoms with Gasteiger partial charge in [-0.1, -0.05) is 0 Å². The van der Waals surface area contributed by atoms with Crippen LogP contribution in [0.4, 0.5) is 13.2 Å². The fraction of sp³-hybridized carbons (Fsp3) is 0.562. The summed E-state index contributed by atoms with van der Waals surface area (Å²) in [5.41, 5.74) is 0.186. The lowest BCUT2D eigenvalue weighted by Gasteiger charge is -2.30. The standard InChI is InChI=1S/C16H18F3NO3/c1-10(11-2-3-11)20(9-16(17,18)19)15(21)12-4-5-13-14(8-12)23-7-6-22-13/h4-5,8,10-11H,2-3,6-7,9H2,1H3. The quantitative estimate of drug-likeness (QED) is 0.851. The summed E-state index contributed by atoms with van der Waals surface area (Å²) in [5.74, 6) is 0.427. The normalized spacial score (nSPS) is 18.4. The molecule has 23 heavy (non-hydrogen) atoms. The van der Waals surface area contributed by atoms with Gasteiger partial charge < -0.3 is 14.4 Å². The summed E-state index contributed by atoms with van der Waals surface area (Å²) in [6, 6.07) is 4.07. The molecule has 1 atom stereocenters. The summed E-state index contributed by atoms with van der Waals surface area (Å²) >= 11 is 0. The molecule has 0 spiro atoms. The number of rotatable bonds is 4. The smallest absolute Gasteiger partial charge is 0.406 e. The van der Waals surface area contributed by atoms with Crippen molar-refractivity contribution in [1.82, 2.24) is 4.90 Å². The third kappa shape index (κ3) is 3.71. The van der Waals surface area contributed by atoms with Crippen molar-refractivity contribution in [3.8, 4) is 11.5 Å². The molecule has 7 heteroatoms. The van der Waals surface area contributed by atoms with Gasteiger partial charge in [0.15, 0.2) is 11.5 Å². The maximum absolute atomic E-state index is 12.9. The number of benzene rings is 1. The van der Waals surface area contributed by atoms with Crippen molar-refractivity contribution in [2.24, 2.45) is 5.92 Å². The Hall–Kier alpha value is -1.92. The Morgan fingerprint density at radius 3 is 2.52 bits per heavy atom. The van der Waals surface area contributed by atoms with Crippen LogP contribution in [0.15, 0.2) is 18.2 Å². The number of fused-ring (bicyclic) bond motifs is 1. The zero-order valence-corrected chi connectivity index (χ0v) is 12.7. The van der Waals surface area contributed by atoms with Crippen molar-refractivity contribution in [2.45, 2.75) is 32.0 Å². The summed E-state index contributed by atoms with van der Waals surface area (Å²) in [6.45, 7) is 1.21. The van der Waals surface area contributed by atoms with Crippen LogP contribution in [0.3, 0.4) is 0 Å². The molecule has 4 nitrogen and oxygen atoms in total. The minimum Gasteiger partial charge on any atom is -0.486 e. The SMILES string of the molecule is CC(C1CC1)N(CC(F)(F)F)C(=O)c1ccc2c(c1)OCCO2. The summed E-state index contributed by atoms with van der Waals surface area (Å²) in [4.78, 5) is 13.5. The van der Waals surface area contributed by atoms with E-state index >= 15 is 0 Å². The maximum atomic E-state index is 12.9. The highest BCUT2D eigenvalue weighted by atomic mass is 19.4. The fourth-order valence-electron chi connectivity index (χ4n) is 2.77. The molecule has 1 aromatic rings. The lowest BCUT2D eigenvalue weighted by Crippen LogP contribution is -2.45. The highest BCUT2D eigenvalue weighted by Crippen LogP contribution is 2.37. The Bertz CT molecular complexity index is 599. The van der Waals surface area contributed by atoms with Crippen molar-refractivity contribution in [3.05, 3.63) is 23.8 Å². The first-order valence-electron chi connectivity index (χ1n) is 7.62. The Morgan fingerprint density at radius 2 is 1.91 bits per heavy atom. The Labute approximate surface area is 132 Å².